The highest BCUT2D eigenvalue weighted by molar-refractivity contribution is 14.0. The number of rotatable bonds is 7. The Hall–Kier alpha value is -0.890. The van der Waals surface area contributed by atoms with E-state index in [1.807, 2.05) is 13.0 Å². The van der Waals surface area contributed by atoms with E-state index in [1.165, 1.54) is 0 Å². The fourth-order valence-electron chi connectivity index (χ4n) is 1.85. The molecule has 0 atom stereocenters. The van der Waals surface area contributed by atoms with E-state index in [-0.39, 0.29) is 29.8 Å². The monoisotopic (exact) mass is 422 g/mol. The summed E-state index contributed by atoms with van der Waals surface area (Å²) in [5.74, 6) is 0.601. The molecule has 1 aromatic rings. The molecule has 0 unspecified atom stereocenters. The number of guanidine groups is 1. The van der Waals surface area contributed by atoms with Crippen molar-refractivity contribution >= 4 is 29.9 Å². The lowest BCUT2D eigenvalue weighted by Gasteiger charge is -2.13. The van der Waals surface area contributed by atoms with Gasteiger partial charge in [0.25, 0.3) is 0 Å². The van der Waals surface area contributed by atoms with Crippen LogP contribution in [-0.4, -0.2) is 44.6 Å². The Bertz CT molecular complexity index is 463. The van der Waals surface area contributed by atoms with Gasteiger partial charge < -0.3 is 15.5 Å². The third-order valence-corrected chi connectivity index (χ3v) is 3.07. The molecule has 4 nitrogen and oxygen atoms in total. The second kappa shape index (κ2) is 11.6. The van der Waals surface area contributed by atoms with Gasteiger partial charge in [-0.25, -0.2) is 9.38 Å². The Labute approximate surface area is 150 Å². The molecule has 0 saturated heterocycles. The second-order valence-electron chi connectivity index (χ2n) is 5.36. The zero-order valence-electron chi connectivity index (χ0n) is 13.9. The van der Waals surface area contributed by atoms with Crippen LogP contribution in [-0.2, 0) is 6.54 Å². The second-order valence-corrected chi connectivity index (χ2v) is 5.36. The quantitative estimate of drug-likeness (QED) is 0.307. The summed E-state index contributed by atoms with van der Waals surface area (Å²) in [5, 5.41) is 6.49. The molecule has 0 aliphatic carbocycles. The first-order valence-electron chi connectivity index (χ1n) is 7.45. The molecule has 0 spiro atoms. The number of hydrogen-bond donors (Lipinski definition) is 2. The summed E-state index contributed by atoms with van der Waals surface area (Å²) < 4.78 is 13.5. The SMILES string of the molecule is CCNC(=NCc1ccc(C)c(F)c1)NCCCN(C)C.I. The van der Waals surface area contributed by atoms with Crippen molar-refractivity contribution in [2.75, 3.05) is 33.7 Å². The lowest BCUT2D eigenvalue weighted by Crippen LogP contribution is -2.38. The molecule has 0 heterocycles. The largest absolute Gasteiger partial charge is 0.357 e. The van der Waals surface area contributed by atoms with E-state index < -0.39 is 0 Å². The van der Waals surface area contributed by atoms with Gasteiger partial charge in [0.1, 0.15) is 5.82 Å². The lowest BCUT2D eigenvalue weighted by molar-refractivity contribution is 0.399. The van der Waals surface area contributed by atoms with Crippen LogP contribution in [0.4, 0.5) is 4.39 Å². The Kier molecular flexibility index (Phi) is 11.2. The zero-order chi connectivity index (χ0) is 15.7. The Morgan fingerprint density at radius 2 is 2.00 bits per heavy atom. The van der Waals surface area contributed by atoms with Crippen molar-refractivity contribution in [3.8, 4) is 0 Å². The van der Waals surface area contributed by atoms with Crippen molar-refractivity contribution in [2.24, 2.45) is 4.99 Å². The Balaban J connectivity index is 0.00000441. The van der Waals surface area contributed by atoms with E-state index in [0.29, 0.717) is 12.1 Å². The van der Waals surface area contributed by atoms with Gasteiger partial charge in [-0.3, -0.25) is 0 Å². The molecule has 0 radical (unpaired) electrons. The summed E-state index contributed by atoms with van der Waals surface area (Å²) in [7, 11) is 4.12. The van der Waals surface area contributed by atoms with Crippen LogP contribution in [0.1, 0.15) is 24.5 Å². The number of hydrogen-bond acceptors (Lipinski definition) is 2. The Morgan fingerprint density at radius 1 is 1.27 bits per heavy atom. The van der Waals surface area contributed by atoms with E-state index in [1.54, 1.807) is 19.1 Å². The number of aliphatic imine (C=N–C) groups is 1. The van der Waals surface area contributed by atoms with Crippen LogP contribution in [0, 0.1) is 12.7 Å². The standard InChI is InChI=1S/C16H27FN4.HI/c1-5-18-16(19-9-6-10-21(3)4)20-12-14-8-7-13(2)15(17)11-14;/h7-8,11H,5-6,9-10,12H2,1-4H3,(H2,18,19,20);1H. The molecule has 0 aliphatic rings. The van der Waals surface area contributed by atoms with Crippen LogP contribution in [0.3, 0.4) is 0 Å². The molecule has 0 amide bonds. The maximum absolute atomic E-state index is 13.5. The lowest BCUT2D eigenvalue weighted by atomic mass is 10.1. The van der Waals surface area contributed by atoms with Crippen LogP contribution in [0.25, 0.3) is 0 Å². The van der Waals surface area contributed by atoms with Gasteiger partial charge in [-0.2, -0.15) is 0 Å². The number of nitrogens with one attached hydrogen (secondary N) is 2. The van der Waals surface area contributed by atoms with Crippen molar-refractivity contribution in [2.45, 2.75) is 26.8 Å². The smallest absolute Gasteiger partial charge is 0.191 e. The fraction of sp³-hybridized carbons (Fsp3) is 0.562. The first-order chi connectivity index (χ1) is 10.0. The molecule has 1 aromatic carbocycles. The minimum absolute atomic E-state index is 0. The predicted molar refractivity (Wildman–Crippen MR) is 103 cm³/mol. The van der Waals surface area contributed by atoms with E-state index in [2.05, 4.69) is 34.6 Å². The van der Waals surface area contributed by atoms with Gasteiger partial charge >= 0.3 is 0 Å². The van der Waals surface area contributed by atoms with Gasteiger partial charge in [-0.1, -0.05) is 12.1 Å². The molecule has 1 rings (SSSR count). The van der Waals surface area contributed by atoms with Crippen molar-refractivity contribution in [3.63, 3.8) is 0 Å². The number of benzene rings is 1. The normalized spacial score (nSPS) is 11.3. The molecule has 0 aliphatic heterocycles. The van der Waals surface area contributed by atoms with Gasteiger partial charge in [-0.15, -0.1) is 24.0 Å². The highest BCUT2D eigenvalue weighted by atomic mass is 127. The van der Waals surface area contributed by atoms with Gasteiger partial charge in [0, 0.05) is 13.1 Å². The van der Waals surface area contributed by atoms with Crippen molar-refractivity contribution in [1.29, 1.82) is 0 Å². The topological polar surface area (TPSA) is 39.7 Å². The van der Waals surface area contributed by atoms with Crippen molar-refractivity contribution in [3.05, 3.63) is 35.1 Å². The summed E-state index contributed by atoms with van der Waals surface area (Å²) in [6.45, 7) is 6.98. The molecule has 0 bridgehead atoms. The first-order valence-corrected chi connectivity index (χ1v) is 7.45. The first kappa shape index (κ1) is 21.1. The summed E-state index contributed by atoms with van der Waals surface area (Å²) in [5.41, 5.74) is 1.54. The van der Waals surface area contributed by atoms with E-state index in [4.69, 9.17) is 0 Å². The molecule has 6 heteroatoms. The van der Waals surface area contributed by atoms with Crippen LogP contribution >= 0.6 is 24.0 Å². The molecule has 22 heavy (non-hydrogen) atoms. The van der Waals surface area contributed by atoms with Gasteiger partial charge in [0.15, 0.2) is 5.96 Å². The maximum atomic E-state index is 13.5. The van der Waals surface area contributed by atoms with Crippen LogP contribution in [0.15, 0.2) is 23.2 Å². The zero-order valence-corrected chi connectivity index (χ0v) is 16.3. The van der Waals surface area contributed by atoms with E-state index >= 15 is 0 Å². The molecular formula is C16H28FIN4. The van der Waals surface area contributed by atoms with Gasteiger partial charge in [0.05, 0.1) is 6.54 Å². The Morgan fingerprint density at radius 3 is 2.59 bits per heavy atom. The molecule has 0 fully saturated rings. The highest BCUT2D eigenvalue weighted by Crippen LogP contribution is 2.09. The van der Waals surface area contributed by atoms with Crippen LogP contribution in [0.5, 0.6) is 0 Å². The van der Waals surface area contributed by atoms with Gasteiger partial charge in [0.2, 0.25) is 0 Å². The minimum atomic E-state index is -0.174. The third-order valence-electron chi connectivity index (χ3n) is 3.07. The molecule has 2 N–H and O–H groups in total. The molecule has 0 saturated carbocycles. The third kappa shape index (κ3) is 8.53. The van der Waals surface area contributed by atoms with Crippen molar-refractivity contribution < 1.29 is 4.39 Å². The fourth-order valence-corrected chi connectivity index (χ4v) is 1.85. The number of halogens is 2. The maximum Gasteiger partial charge on any atom is 0.191 e. The molecule has 0 aromatic heterocycles. The van der Waals surface area contributed by atoms with E-state index in [9.17, 15) is 4.39 Å². The van der Waals surface area contributed by atoms with E-state index in [0.717, 1.165) is 37.6 Å². The van der Waals surface area contributed by atoms with Crippen LogP contribution < -0.4 is 10.6 Å². The average molecular weight is 422 g/mol. The summed E-state index contributed by atoms with van der Waals surface area (Å²) in [6.07, 6.45) is 1.05. The number of nitrogens with zero attached hydrogens (tertiary/aromatic N) is 2. The summed E-state index contributed by atoms with van der Waals surface area (Å²) in [4.78, 5) is 6.64. The predicted octanol–water partition coefficient (Wildman–Crippen LogP) is 2.76. The van der Waals surface area contributed by atoms with Crippen LogP contribution in [0.2, 0.25) is 0 Å². The summed E-state index contributed by atoms with van der Waals surface area (Å²) in [6, 6.07) is 5.25. The van der Waals surface area contributed by atoms with Crippen molar-refractivity contribution in [1.82, 2.24) is 15.5 Å². The number of aryl methyl sites for hydroxylation is 1. The molecule has 126 valence electrons. The highest BCUT2D eigenvalue weighted by Gasteiger charge is 2.01. The molecular weight excluding hydrogens is 394 g/mol. The minimum Gasteiger partial charge on any atom is -0.357 e. The van der Waals surface area contributed by atoms with Gasteiger partial charge in [-0.05, 0) is 58.1 Å². The summed E-state index contributed by atoms with van der Waals surface area (Å²) >= 11 is 0. The average Bonchev–Trinajstić information content (AvgIpc) is 2.44.